The predicted octanol–water partition coefficient (Wildman–Crippen LogP) is 2.34. The SMILES string of the molecule is COc1ccc(C(=O)CCN(CCO)Cc2ccccc2)cc1N. The number of Topliss-reactive ketones (excluding diaryl/α,β-unsaturated/α-hetero) is 1. The number of rotatable bonds is 9. The summed E-state index contributed by atoms with van der Waals surface area (Å²) in [6.45, 7) is 1.89. The van der Waals surface area contributed by atoms with E-state index in [1.165, 1.54) is 0 Å². The van der Waals surface area contributed by atoms with Crippen LogP contribution in [0.5, 0.6) is 5.75 Å². The maximum atomic E-state index is 12.4. The van der Waals surface area contributed by atoms with Crippen molar-refractivity contribution in [3.05, 3.63) is 59.7 Å². The fourth-order valence-corrected chi connectivity index (χ4v) is 2.56. The van der Waals surface area contributed by atoms with Crippen molar-refractivity contribution in [3.63, 3.8) is 0 Å². The molecular weight excluding hydrogens is 304 g/mol. The number of aliphatic hydroxyl groups excluding tert-OH is 1. The van der Waals surface area contributed by atoms with Crippen molar-refractivity contribution < 1.29 is 14.6 Å². The third kappa shape index (κ3) is 5.08. The Balaban J connectivity index is 1.95. The highest BCUT2D eigenvalue weighted by atomic mass is 16.5. The molecule has 24 heavy (non-hydrogen) atoms. The fourth-order valence-electron chi connectivity index (χ4n) is 2.56. The van der Waals surface area contributed by atoms with Crippen molar-refractivity contribution in [1.29, 1.82) is 0 Å². The van der Waals surface area contributed by atoms with Gasteiger partial charge < -0.3 is 15.6 Å². The summed E-state index contributed by atoms with van der Waals surface area (Å²) in [6.07, 6.45) is 0.374. The van der Waals surface area contributed by atoms with Crippen LogP contribution in [0.1, 0.15) is 22.3 Å². The number of nitrogens with two attached hydrogens (primary N) is 1. The molecule has 0 amide bonds. The van der Waals surface area contributed by atoms with Gasteiger partial charge in [-0.25, -0.2) is 0 Å². The Kier molecular flexibility index (Phi) is 6.78. The standard InChI is InChI=1S/C19H24N2O3/c1-24-19-8-7-16(13-17(19)20)18(23)9-10-21(11-12-22)14-15-5-3-2-4-6-15/h2-8,13,22H,9-12,14,20H2,1H3. The van der Waals surface area contributed by atoms with Gasteiger partial charge in [-0.3, -0.25) is 9.69 Å². The van der Waals surface area contributed by atoms with E-state index >= 15 is 0 Å². The zero-order valence-electron chi connectivity index (χ0n) is 13.9. The minimum Gasteiger partial charge on any atom is -0.495 e. The summed E-state index contributed by atoms with van der Waals surface area (Å²) in [6, 6.07) is 15.1. The van der Waals surface area contributed by atoms with Crippen LogP contribution in [0.3, 0.4) is 0 Å². The van der Waals surface area contributed by atoms with E-state index in [1.54, 1.807) is 25.3 Å². The van der Waals surface area contributed by atoms with Crippen LogP contribution in [0.2, 0.25) is 0 Å². The van der Waals surface area contributed by atoms with Crippen LogP contribution in [0.15, 0.2) is 48.5 Å². The molecule has 5 nitrogen and oxygen atoms in total. The summed E-state index contributed by atoms with van der Waals surface area (Å²) in [7, 11) is 1.55. The van der Waals surface area contributed by atoms with Crippen molar-refractivity contribution in [2.24, 2.45) is 0 Å². The van der Waals surface area contributed by atoms with Crippen molar-refractivity contribution >= 4 is 11.5 Å². The number of hydrogen-bond acceptors (Lipinski definition) is 5. The molecule has 0 bridgehead atoms. The number of carbonyl (C=O) groups is 1. The third-order valence-electron chi connectivity index (χ3n) is 3.87. The van der Waals surface area contributed by atoms with Crippen LogP contribution in [-0.4, -0.2) is 42.6 Å². The van der Waals surface area contributed by atoms with Gasteiger partial charge >= 0.3 is 0 Å². The Morgan fingerprint density at radius 2 is 1.92 bits per heavy atom. The molecule has 2 rings (SSSR count). The van der Waals surface area contributed by atoms with Gasteiger partial charge in [0, 0.05) is 31.6 Å². The molecule has 0 heterocycles. The molecule has 0 spiro atoms. The Hall–Kier alpha value is -2.37. The van der Waals surface area contributed by atoms with Crippen LogP contribution < -0.4 is 10.5 Å². The highest BCUT2D eigenvalue weighted by Gasteiger charge is 2.12. The van der Waals surface area contributed by atoms with Crippen molar-refractivity contribution in [2.45, 2.75) is 13.0 Å². The molecule has 2 aromatic carbocycles. The summed E-state index contributed by atoms with van der Waals surface area (Å²) in [5.41, 5.74) is 8.05. The van der Waals surface area contributed by atoms with Gasteiger partial charge in [-0.05, 0) is 23.8 Å². The molecule has 0 atom stereocenters. The molecule has 0 saturated heterocycles. The molecule has 5 heteroatoms. The topological polar surface area (TPSA) is 75.8 Å². The number of benzene rings is 2. The van der Waals surface area contributed by atoms with E-state index < -0.39 is 0 Å². The lowest BCUT2D eigenvalue weighted by molar-refractivity contribution is 0.0954. The second-order valence-electron chi connectivity index (χ2n) is 5.62. The molecule has 128 valence electrons. The highest BCUT2D eigenvalue weighted by Crippen LogP contribution is 2.22. The summed E-state index contributed by atoms with van der Waals surface area (Å²) >= 11 is 0. The molecule has 0 radical (unpaired) electrons. The first kappa shape index (κ1) is 18.0. The summed E-state index contributed by atoms with van der Waals surface area (Å²) in [5, 5.41) is 9.23. The van der Waals surface area contributed by atoms with E-state index in [-0.39, 0.29) is 12.4 Å². The third-order valence-corrected chi connectivity index (χ3v) is 3.87. The van der Waals surface area contributed by atoms with Crippen molar-refractivity contribution in [3.8, 4) is 5.75 Å². The molecule has 0 aliphatic heterocycles. The molecular formula is C19H24N2O3. The first-order valence-corrected chi connectivity index (χ1v) is 7.98. The Bertz CT molecular complexity index is 659. The van der Waals surface area contributed by atoms with Crippen LogP contribution in [-0.2, 0) is 6.54 Å². The van der Waals surface area contributed by atoms with Crippen LogP contribution in [0, 0.1) is 0 Å². The average Bonchev–Trinajstić information content (AvgIpc) is 2.60. The number of hydrogen-bond donors (Lipinski definition) is 2. The van der Waals surface area contributed by atoms with Gasteiger partial charge in [0.15, 0.2) is 5.78 Å². The Morgan fingerprint density at radius 1 is 1.17 bits per heavy atom. The number of nitrogen functional groups attached to an aromatic ring is 1. The molecule has 0 fully saturated rings. The van der Waals surface area contributed by atoms with E-state index in [9.17, 15) is 9.90 Å². The van der Waals surface area contributed by atoms with Crippen LogP contribution in [0.25, 0.3) is 0 Å². The second kappa shape index (κ2) is 9.05. The lowest BCUT2D eigenvalue weighted by Crippen LogP contribution is -2.29. The minimum atomic E-state index is 0.0281. The number of ketones is 1. The molecule has 2 aromatic rings. The monoisotopic (exact) mass is 328 g/mol. The van der Waals surface area contributed by atoms with Crippen molar-refractivity contribution in [1.82, 2.24) is 4.90 Å². The zero-order chi connectivity index (χ0) is 17.4. The number of methoxy groups -OCH3 is 1. The van der Waals surface area contributed by atoms with Gasteiger partial charge in [0.1, 0.15) is 5.75 Å². The van der Waals surface area contributed by atoms with Gasteiger partial charge in [-0.15, -0.1) is 0 Å². The zero-order valence-corrected chi connectivity index (χ0v) is 13.9. The van der Waals surface area contributed by atoms with Gasteiger partial charge in [0.2, 0.25) is 0 Å². The van der Waals surface area contributed by atoms with Crippen LogP contribution in [0.4, 0.5) is 5.69 Å². The number of carbonyl (C=O) groups excluding carboxylic acids is 1. The molecule has 3 N–H and O–H groups in total. The Labute approximate surface area is 142 Å². The first-order chi connectivity index (χ1) is 11.6. The summed E-state index contributed by atoms with van der Waals surface area (Å²) in [5.74, 6) is 0.595. The highest BCUT2D eigenvalue weighted by molar-refractivity contribution is 5.97. The van der Waals surface area contributed by atoms with E-state index in [4.69, 9.17) is 10.5 Å². The molecule has 0 aromatic heterocycles. The number of nitrogens with zero attached hydrogens (tertiary/aromatic N) is 1. The Morgan fingerprint density at radius 3 is 2.54 bits per heavy atom. The molecule has 0 aliphatic carbocycles. The quantitative estimate of drug-likeness (QED) is 0.546. The van der Waals surface area contributed by atoms with E-state index in [2.05, 4.69) is 4.90 Å². The van der Waals surface area contributed by atoms with E-state index in [0.29, 0.717) is 43.1 Å². The number of aliphatic hydroxyl groups is 1. The van der Waals surface area contributed by atoms with Crippen LogP contribution >= 0.6 is 0 Å². The smallest absolute Gasteiger partial charge is 0.164 e. The summed E-state index contributed by atoms with van der Waals surface area (Å²) in [4.78, 5) is 14.4. The molecule has 0 aliphatic rings. The second-order valence-corrected chi connectivity index (χ2v) is 5.62. The van der Waals surface area contributed by atoms with Gasteiger partial charge in [0.05, 0.1) is 19.4 Å². The van der Waals surface area contributed by atoms with Gasteiger partial charge in [-0.1, -0.05) is 30.3 Å². The van der Waals surface area contributed by atoms with E-state index in [0.717, 1.165) is 5.56 Å². The minimum absolute atomic E-state index is 0.0281. The maximum absolute atomic E-state index is 12.4. The first-order valence-electron chi connectivity index (χ1n) is 7.98. The predicted molar refractivity (Wildman–Crippen MR) is 95.2 cm³/mol. The lowest BCUT2D eigenvalue weighted by atomic mass is 10.1. The number of anilines is 1. The maximum Gasteiger partial charge on any atom is 0.164 e. The van der Waals surface area contributed by atoms with E-state index in [1.807, 2.05) is 30.3 Å². The van der Waals surface area contributed by atoms with Crippen molar-refractivity contribution in [2.75, 3.05) is 32.5 Å². The molecule has 0 saturated carbocycles. The average molecular weight is 328 g/mol. The van der Waals surface area contributed by atoms with Gasteiger partial charge in [-0.2, -0.15) is 0 Å². The van der Waals surface area contributed by atoms with Gasteiger partial charge in [0.25, 0.3) is 0 Å². The summed E-state index contributed by atoms with van der Waals surface area (Å²) < 4.78 is 5.10. The lowest BCUT2D eigenvalue weighted by Gasteiger charge is -2.21. The largest absolute Gasteiger partial charge is 0.495 e. The molecule has 0 unspecified atom stereocenters. The normalized spacial score (nSPS) is 10.8. The fraction of sp³-hybridized carbons (Fsp3) is 0.316. The number of ether oxygens (including phenoxy) is 1.